The van der Waals surface area contributed by atoms with Gasteiger partial charge in [0.1, 0.15) is 18.8 Å². The quantitative estimate of drug-likeness (QED) is 0.683. The Hall–Kier alpha value is -2.45. The highest BCUT2D eigenvalue weighted by Crippen LogP contribution is 2.34. The van der Waals surface area contributed by atoms with Crippen LogP contribution in [0, 0.1) is 0 Å². The molecule has 3 rings (SSSR count). The lowest BCUT2D eigenvalue weighted by Crippen LogP contribution is -2.45. The van der Waals surface area contributed by atoms with Gasteiger partial charge in [0.05, 0.1) is 17.7 Å². The largest absolute Gasteiger partial charge is 0.390 e. The molecule has 8 heteroatoms. The molecule has 1 fully saturated rings. The van der Waals surface area contributed by atoms with Gasteiger partial charge < -0.3 is 15.5 Å². The Kier molecular flexibility index (Phi) is 4.03. The fraction of sp³-hybridized carbons (Fsp3) is 0.357. The Morgan fingerprint density at radius 3 is 2.27 bits per heavy atom. The minimum atomic E-state index is -1.06. The van der Waals surface area contributed by atoms with Crippen LogP contribution in [0.25, 0.3) is 0 Å². The van der Waals surface area contributed by atoms with E-state index in [-0.39, 0.29) is 5.92 Å². The summed E-state index contributed by atoms with van der Waals surface area (Å²) in [5, 5.41) is 22.8. The van der Waals surface area contributed by atoms with Gasteiger partial charge in [0, 0.05) is 30.7 Å². The van der Waals surface area contributed by atoms with Crippen LogP contribution >= 0.6 is 0 Å². The minimum Gasteiger partial charge on any atom is -0.390 e. The first kappa shape index (κ1) is 14.5. The fourth-order valence-electron chi connectivity index (χ4n) is 2.71. The predicted octanol–water partition coefficient (Wildman–Crippen LogP) is -0.726. The average Bonchev–Trinajstić information content (AvgIpc) is 2.85. The van der Waals surface area contributed by atoms with E-state index in [1.807, 2.05) is 0 Å². The van der Waals surface area contributed by atoms with Crippen LogP contribution in [0.4, 0.5) is 0 Å². The lowest BCUT2D eigenvalue weighted by Gasteiger charge is -2.23. The number of aliphatic hydroxyl groups is 2. The SMILES string of the molecule is O=C(N[C@H]1[C@H](O)[C@H](O)C[C@@H]1c1cncnc1)c1cncnc1. The number of aliphatic hydroxyl groups excluding tert-OH is 2. The molecule has 3 N–H and O–H groups in total. The monoisotopic (exact) mass is 301 g/mol. The molecule has 0 aromatic carbocycles. The number of aromatic nitrogens is 4. The van der Waals surface area contributed by atoms with Gasteiger partial charge in [0.25, 0.3) is 5.91 Å². The van der Waals surface area contributed by atoms with Gasteiger partial charge in [0.15, 0.2) is 0 Å². The predicted molar refractivity (Wildman–Crippen MR) is 74.7 cm³/mol. The summed E-state index contributed by atoms with van der Waals surface area (Å²) in [6, 6.07) is -0.631. The van der Waals surface area contributed by atoms with Crippen LogP contribution in [0.15, 0.2) is 37.4 Å². The van der Waals surface area contributed by atoms with Crippen LogP contribution in [0.2, 0.25) is 0 Å². The van der Waals surface area contributed by atoms with E-state index >= 15 is 0 Å². The van der Waals surface area contributed by atoms with E-state index < -0.39 is 24.2 Å². The number of hydrogen-bond acceptors (Lipinski definition) is 7. The first-order valence-electron chi connectivity index (χ1n) is 6.83. The molecule has 22 heavy (non-hydrogen) atoms. The summed E-state index contributed by atoms with van der Waals surface area (Å²) in [5.74, 6) is -0.666. The van der Waals surface area contributed by atoms with Crippen LogP contribution in [-0.4, -0.2) is 54.3 Å². The molecule has 114 valence electrons. The van der Waals surface area contributed by atoms with Crippen molar-refractivity contribution in [2.75, 3.05) is 0 Å². The molecule has 2 aromatic heterocycles. The lowest BCUT2D eigenvalue weighted by atomic mass is 9.96. The third-order valence-electron chi connectivity index (χ3n) is 3.82. The van der Waals surface area contributed by atoms with Crippen molar-refractivity contribution in [2.24, 2.45) is 0 Å². The lowest BCUT2D eigenvalue weighted by molar-refractivity contribution is 0.0294. The van der Waals surface area contributed by atoms with Gasteiger partial charge in [-0.2, -0.15) is 0 Å². The van der Waals surface area contributed by atoms with Crippen molar-refractivity contribution in [3.05, 3.63) is 48.6 Å². The van der Waals surface area contributed by atoms with Crippen molar-refractivity contribution in [1.82, 2.24) is 25.3 Å². The summed E-state index contributed by atoms with van der Waals surface area (Å²) in [5.41, 5.74) is 1.05. The molecule has 2 aromatic rings. The highest BCUT2D eigenvalue weighted by Gasteiger charge is 2.43. The van der Waals surface area contributed by atoms with Crippen molar-refractivity contribution in [3.8, 4) is 0 Å². The molecule has 1 saturated carbocycles. The zero-order valence-corrected chi connectivity index (χ0v) is 11.6. The highest BCUT2D eigenvalue weighted by molar-refractivity contribution is 5.93. The number of carbonyl (C=O) groups excluding carboxylic acids is 1. The summed E-state index contributed by atoms with van der Waals surface area (Å²) in [6.07, 6.45) is 7.10. The fourth-order valence-corrected chi connectivity index (χ4v) is 2.71. The molecule has 0 saturated heterocycles. The molecule has 2 heterocycles. The number of hydrogen-bond donors (Lipinski definition) is 3. The summed E-state index contributed by atoms with van der Waals surface area (Å²) in [4.78, 5) is 27.7. The van der Waals surface area contributed by atoms with Crippen molar-refractivity contribution >= 4 is 5.91 Å². The average molecular weight is 301 g/mol. The molecule has 0 spiro atoms. The van der Waals surface area contributed by atoms with Gasteiger partial charge in [-0.3, -0.25) is 4.79 Å². The number of nitrogens with one attached hydrogen (secondary N) is 1. The van der Waals surface area contributed by atoms with Gasteiger partial charge in [-0.25, -0.2) is 19.9 Å². The molecule has 0 radical (unpaired) electrons. The van der Waals surface area contributed by atoms with E-state index in [0.29, 0.717) is 12.0 Å². The standard InChI is InChI=1S/C14H15N5O3/c20-11-1-10(8-2-15-6-16-3-8)12(13(11)21)19-14(22)9-4-17-7-18-5-9/h2-7,10-13,20-21H,1H2,(H,19,22)/t10-,11-,12-,13-/m1/s1. The van der Waals surface area contributed by atoms with E-state index in [2.05, 4.69) is 25.3 Å². The number of amides is 1. The summed E-state index contributed by atoms with van der Waals surface area (Å²) in [6.45, 7) is 0. The Bertz CT molecular complexity index is 639. The Labute approximate surface area is 126 Å². The summed E-state index contributed by atoms with van der Waals surface area (Å²) < 4.78 is 0. The number of nitrogens with zero attached hydrogens (tertiary/aromatic N) is 4. The molecule has 4 atom stereocenters. The third kappa shape index (κ3) is 2.78. The van der Waals surface area contributed by atoms with Gasteiger partial charge in [-0.15, -0.1) is 0 Å². The second-order valence-electron chi connectivity index (χ2n) is 5.20. The maximum Gasteiger partial charge on any atom is 0.254 e. The first-order valence-corrected chi connectivity index (χ1v) is 6.83. The zero-order chi connectivity index (χ0) is 15.5. The van der Waals surface area contributed by atoms with Gasteiger partial charge in [-0.05, 0) is 12.0 Å². The first-order chi connectivity index (χ1) is 10.7. The van der Waals surface area contributed by atoms with Crippen LogP contribution in [0.1, 0.15) is 28.3 Å². The molecular formula is C14H15N5O3. The topological polar surface area (TPSA) is 121 Å². The van der Waals surface area contributed by atoms with E-state index in [1.165, 1.54) is 25.0 Å². The molecular weight excluding hydrogens is 286 g/mol. The maximum atomic E-state index is 12.2. The normalized spacial score (nSPS) is 27.5. The summed E-state index contributed by atoms with van der Waals surface area (Å²) in [7, 11) is 0. The number of rotatable bonds is 3. The van der Waals surface area contributed by atoms with E-state index in [1.54, 1.807) is 12.4 Å². The van der Waals surface area contributed by atoms with Gasteiger partial charge in [0.2, 0.25) is 0 Å². The summed E-state index contributed by atoms with van der Waals surface area (Å²) >= 11 is 0. The van der Waals surface area contributed by atoms with E-state index in [4.69, 9.17) is 0 Å². The van der Waals surface area contributed by atoms with Crippen molar-refractivity contribution < 1.29 is 15.0 Å². The van der Waals surface area contributed by atoms with Gasteiger partial charge >= 0.3 is 0 Å². The van der Waals surface area contributed by atoms with E-state index in [0.717, 1.165) is 5.56 Å². The Morgan fingerprint density at radius 1 is 1.05 bits per heavy atom. The van der Waals surface area contributed by atoms with Crippen LogP contribution in [0.5, 0.6) is 0 Å². The smallest absolute Gasteiger partial charge is 0.254 e. The van der Waals surface area contributed by atoms with Crippen LogP contribution in [-0.2, 0) is 0 Å². The molecule has 0 aliphatic heterocycles. The number of carbonyl (C=O) groups is 1. The third-order valence-corrected chi connectivity index (χ3v) is 3.82. The minimum absolute atomic E-state index is 0.264. The highest BCUT2D eigenvalue weighted by atomic mass is 16.3. The molecule has 0 bridgehead atoms. The van der Waals surface area contributed by atoms with Crippen LogP contribution < -0.4 is 5.32 Å². The molecule has 8 nitrogen and oxygen atoms in total. The van der Waals surface area contributed by atoms with Crippen molar-refractivity contribution in [2.45, 2.75) is 30.6 Å². The second kappa shape index (κ2) is 6.12. The van der Waals surface area contributed by atoms with Gasteiger partial charge in [-0.1, -0.05) is 0 Å². The Balaban J connectivity index is 1.82. The van der Waals surface area contributed by atoms with Crippen molar-refractivity contribution in [3.63, 3.8) is 0 Å². The van der Waals surface area contributed by atoms with Crippen molar-refractivity contribution in [1.29, 1.82) is 0 Å². The Morgan fingerprint density at radius 2 is 1.64 bits per heavy atom. The van der Waals surface area contributed by atoms with E-state index in [9.17, 15) is 15.0 Å². The van der Waals surface area contributed by atoms with Crippen LogP contribution in [0.3, 0.4) is 0 Å². The molecule has 1 amide bonds. The molecule has 0 unspecified atom stereocenters. The second-order valence-corrected chi connectivity index (χ2v) is 5.20. The molecule has 1 aliphatic rings. The maximum absolute atomic E-state index is 12.2. The molecule has 1 aliphatic carbocycles. The zero-order valence-electron chi connectivity index (χ0n) is 11.6.